The molecule has 0 saturated carbocycles. The molecule has 0 bridgehead atoms. The number of hydrogen-bond acceptors (Lipinski definition) is 6. The monoisotopic (exact) mass is 493 g/mol. The molecule has 1 heterocycles. The number of anilines is 2. The highest BCUT2D eigenvalue weighted by atomic mass is 16.5. The van der Waals surface area contributed by atoms with Crippen molar-refractivity contribution in [2.45, 2.75) is 0 Å². The molecule has 0 aliphatic carbocycles. The van der Waals surface area contributed by atoms with Crippen LogP contribution >= 0.6 is 0 Å². The Hall–Kier alpha value is -4.78. The smallest absolute Gasteiger partial charge is 0.255 e. The lowest BCUT2D eigenvalue weighted by atomic mass is 10.1. The Bertz CT molecular complexity index is 1610. The Balaban J connectivity index is 1.38. The van der Waals surface area contributed by atoms with E-state index in [1.54, 1.807) is 20.4 Å². The van der Waals surface area contributed by atoms with Crippen LogP contribution in [0.3, 0.4) is 0 Å². The van der Waals surface area contributed by atoms with Crippen LogP contribution in [0.25, 0.3) is 21.7 Å². The summed E-state index contributed by atoms with van der Waals surface area (Å²) >= 11 is 0. The largest absolute Gasteiger partial charge is 0.493 e. The zero-order valence-electron chi connectivity index (χ0n) is 21.1. The predicted octanol–water partition coefficient (Wildman–Crippen LogP) is 6.52. The van der Waals surface area contributed by atoms with Gasteiger partial charge in [0.2, 0.25) is 0 Å². The van der Waals surface area contributed by atoms with Gasteiger partial charge in [-0.25, -0.2) is 0 Å². The maximum absolute atomic E-state index is 12.8. The molecule has 7 heteroatoms. The van der Waals surface area contributed by atoms with Gasteiger partial charge in [-0.15, -0.1) is 0 Å². The normalized spacial score (nSPS) is 10.8. The van der Waals surface area contributed by atoms with E-state index in [0.29, 0.717) is 28.6 Å². The van der Waals surface area contributed by atoms with Gasteiger partial charge in [0.05, 0.1) is 19.7 Å². The molecule has 0 spiro atoms. The first-order chi connectivity index (χ1) is 17.9. The summed E-state index contributed by atoms with van der Waals surface area (Å²) in [6.45, 7) is 0. The van der Waals surface area contributed by atoms with Crippen molar-refractivity contribution in [1.82, 2.24) is 4.98 Å². The highest BCUT2D eigenvalue weighted by Gasteiger charge is 2.12. The summed E-state index contributed by atoms with van der Waals surface area (Å²) < 4.78 is 17.1. The highest BCUT2D eigenvalue weighted by Crippen LogP contribution is 2.37. The molecule has 0 atom stereocenters. The Morgan fingerprint density at radius 2 is 1.57 bits per heavy atom. The number of carbonyl (C=O) groups is 1. The van der Waals surface area contributed by atoms with Gasteiger partial charge in [-0.3, -0.25) is 9.78 Å². The van der Waals surface area contributed by atoms with Crippen LogP contribution in [-0.2, 0) is 0 Å². The topological polar surface area (TPSA) is 72.9 Å². The summed E-state index contributed by atoms with van der Waals surface area (Å²) in [5, 5.41) is 5.78. The number of hydrogen-bond donors (Lipinski definition) is 1. The molecule has 0 aliphatic heterocycles. The standard InChI is InChI=1S/C30H27N3O4/c1-33(2)23-7-5-6-21(15-23)30(34)32-22-10-8-20-16-24(11-9-19(20)14-22)37-27-12-13-31-26-18-29(36-4)28(35-3)17-25(26)27/h5-18H,1-4H3,(H,32,34). The number of carbonyl (C=O) groups excluding carboxylic acids is 1. The summed E-state index contributed by atoms with van der Waals surface area (Å²) in [4.78, 5) is 19.2. The Morgan fingerprint density at radius 3 is 2.35 bits per heavy atom. The second kappa shape index (κ2) is 10.1. The second-order valence-corrected chi connectivity index (χ2v) is 8.76. The van der Waals surface area contributed by atoms with E-state index in [1.165, 1.54) is 0 Å². The average molecular weight is 494 g/mol. The van der Waals surface area contributed by atoms with Crippen molar-refractivity contribution in [3.05, 3.63) is 90.6 Å². The molecule has 1 N–H and O–H groups in total. The van der Waals surface area contributed by atoms with Crippen LogP contribution in [0, 0.1) is 0 Å². The van der Waals surface area contributed by atoms with Gasteiger partial charge in [0, 0.05) is 48.7 Å². The fraction of sp³-hybridized carbons (Fsp3) is 0.133. The van der Waals surface area contributed by atoms with Crippen molar-refractivity contribution >= 4 is 39.0 Å². The number of pyridine rings is 1. The summed E-state index contributed by atoms with van der Waals surface area (Å²) in [7, 11) is 7.09. The summed E-state index contributed by atoms with van der Waals surface area (Å²) in [6, 6.07) is 24.7. The Morgan fingerprint density at radius 1 is 0.811 bits per heavy atom. The minimum atomic E-state index is -0.153. The number of ether oxygens (including phenoxy) is 3. The minimum absolute atomic E-state index is 0.153. The number of amides is 1. The van der Waals surface area contributed by atoms with Crippen LogP contribution in [0.15, 0.2) is 85.1 Å². The van der Waals surface area contributed by atoms with E-state index in [-0.39, 0.29) is 5.91 Å². The van der Waals surface area contributed by atoms with Gasteiger partial charge in [0.1, 0.15) is 11.5 Å². The van der Waals surface area contributed by atoms with E-state index in [1.807, 2.05) is 97.9 Å². The van der Waals surface area contributed by atoms with Gasteiger partial charge in [0.15, 0.2) is 11.5 Å². The lowest BCUT2D eigenvalue weighted by Gasteiger charge is -2.14. The summed E-state index contributed by atoms with van der Waals surface area (Å²) in [5.74, 6) is 2.41. The molecule has 0 unspecified atom stereocenters. The van der Waals surface area contributed by atoms with E-state index in [9.17, 15) is 4.79 Å². The first-order valence-corrected chi connectivity index (χ1v) is 11.8. The third kappa shape index (κ3) is 4.97. The number of benzene rings is 4. The number of nitrogens with zero attached hydrogens (tertiary/aromatic N) is 2. The van der Waals surface area contributed by atoms with Crippen molar-refractivity contribution in [3.63, 3.8) is 0 Å². The molecular weight excluding hydrogens is 466 g/mol. The molecule has 0 radical (unpaired) electrons. The Kier molecular flexibility index (Phi) is 6.51. The van der Waals surface area contributed by atoms with Crippen molar-refractivity contribution in [1.29, 1.82) is 0 Å². The lowest BCUT2D eigenvalue weighted by Crippen LogP contribution is -2.14. The van der Waals surface area contributed by atoms with Gasteiger partial charge >= 0.3 is 0 Å². The fourth-order valence-electron chi connectivity index (χ4n) is 4.16. The maximum Gasteiger partial charge on any atom is 0.255 e. The number of fused-ring (bicyclic) bond motifs is 2. The second-order valence-electron chi connectivity index (χ2n) is 8.76. The van der Waals surface area contributed by atoms with Crippen molar-refractivity contribution in [2.24, 2.45) is 0 Å². The molecule has 4 aromatic carbocycles. The van der Waals surface area contributed by atoms with Gasteiger partial charge < -0.3 is 24.4 Å². The van der Waals surface area contributed by atoms with Gasteiger partial charge in [-0.05, 0) is 65.4 Å². The molecule has 5 aromatic rings. The van der Waals surface area contributed by atoms with Crippen molar-refractivity contribution in [2.75, 3.05) is 38.5 Å². The lowest BCUT2D eigenvalue weighted by molar-refractivity contribution is 0.102. The minimum Gasteiger partial charge on any atom is -0.493 e. The number of aromatic nitrogens is 1. The summed E-state index contributed by atoms with van der Waals surface area (Å²) in [6.07, 6.45) is 1.70. The SMILES string of the molecule is COc1cc2nccc(Oc3ccc4cc(NC(=O)c5cccc(N(C)C)c5)ccc4c3)c2cc1OC. The van der Waals surface area contributed by atoms with E-state index >= 15 is 0 Å². The van der Waals surface area contributed by atoms with Crippen LogP contribution in [-0.4, -0.2) is 39.2 Å². The van der Waals surface area contributed by atoms with Gasteiger partial charge in [0.25, 0.3) is 5.91 Å². The first kappa shape index (κ1) is 23.9. The maximum atomic E-state index is 12.8. The number of rotatable bonds is 7. The molecule has 37 heavy (non-hydrogen) atoms. The zero-order chi connectivity index (χ0) is 25.9. The molecular formula is C30H27N3O4. The van der Waals surface area contributed by atoms with E-state index in [2.05, 4.69) is 10.3 Å². The van der Waals surface area contributed by atoms with E-state index in [0.717, 1.165) is 33.1 Å². The molecule has 1 amide bonds. The van der Waals surface area contributed by atoms with E-state index in [4.69, 9.17) is 14.2 Å². The van der Waals surface area contributed by atoms with Gasteiger partial charge in [-0.2, -0.15) is 0 Å². The number of methoxy groups -OCH3 is 2. The number of nitrogens with one attached hydrogen (secondary N) is 1. The zero-order valence-corrected chi connectivity index (χ0v) is 21.1. The molecule has 5 rings (SSSR count). The molecule has 1 aromatic heterocycles. The van der Waals surface area contributed by atoms with Gasteiger partial charge in [-0.1, -0.05) is 18.2 Å². The predicted molar refractivity (Wildman–Crippen MR) is 148 cm³/mol. The fourth-order valence-corrected chi connectivity index (χ4v) is 4.16. The molecule has 0 saturated heterocycles. The average Bonchev–Trinajstić information content (AvgIpc) is 2.92. The van der Waals surface area contributed by atoms with Crippen LogP contribution < -0.4 is 24.4 Å². The van der Waals surface area contributed by atoms with Crippen LogP contribution in [0.5, 0.6) is 23.0 Å². The third-order valence-electron chi connectivity index (χ3n) is 6.13. The van der Waals surface area contributed by atoms with Crippen LogP contribution in [0.1, 0.15) is 10.4 Å². The molecule has 7 nitrogen and oxygen atoms in total. The third-order valence-corrected chi connectivity index (χ3v) is 6.13. The molecule has 0 aliphatic rings. The van der Waals surface area contributed by atoms with Crippen molar-refractivity contribution < 1.29 is 19.0 Å². The van der Waals surface area contributed by atoms with Crippen LogP contribution in [0.4, 0.5) is 11.4 Å². The van der Waals surface area contributed by atoms with Crippen LogP contribution in [0.2, 0.25) is 0 Å². The molecule has 0 fully saturated rings. The Labute approximate surface area is 215 Å². The quantitative estimate of drug-likeness (QED) is 0.278. The van der Waals surface area contributed by atoms with E-state index < -0.39 is 0 Å². The molecule has 186 valence electrons. The van der Waals surface area contributed by atoms with Crippen molar-refractivity contribution in [3.8, 4) is 23.0 Å². The highest BCUT2D eigenvalue weighted by molar-refractivity contribution is 6.05. The summed E-state index contributed by atoms with van der Waals surface area (Å²) in [5.41, 5.74) is 3.04. The first-order valence-electron chi connectivity index (χ1n) is 11.8.